The standard InChI is InChI=1S/C21H24N4O4S.C2HF3O2/c1-15-4-2-3-5-18(15)23-20(26)24-12-17-10-19-21(13-24,29-17)14-25(30(19,27)28)11-16-6-8-22-9-7-16;3-2(4,5)1(6)7/h2-9,17,19H,10-14H2,1H3,(H,23,26);(H,6,7)/t17-,19+,21+;/m1./s1. The minimum atomic E-state index is -5.08. The highest BCUT2D eigenvalue weighted by Crippen LogP contribution is 2.47. The maximum Gasteiger partial charge on any atom is 0.490 e. The van der Waals surface area contributed by atoms with Crippen LogP contribution in [0.2, 0.25) is 0 Å². The van der Waals surface area contributed by atoms with Gasteiger partial charge in [-0.25, -0.2) is 18.0 Å². The Morgan fingerprint density at radius 3 is 2.46 bits per heavy atom. The number of nitrogens with one attached hydrogen (secondary N) is 1. The summed E-state index contributed by atoms with van der Waals surface area (Å²) in [5.41, 5.74) is 1.74. The number of anilines is 1. The number of amides is 2. The molecule has 3 fully saturated rings. The predicted molar refractivity (Wildman–Crippen MR) is 125 cm³/mol. The van der Waals surface area contributed by atoms with E-state index in [-0.39, 0.29) is 31.8 Å². The number of carboxylic acids is 1. The Balaban J connectivity index is 0.000000405. The van der Waals surface area contributed by atoms with E-state index < -0.39 is 33.0 Å². The number of urea groups is 1. The summed E-state index contributed by atoms with van der Waals surface area (Å²) in [5, 5.41) is 9.47. The van der Waals surface area contributed by atoms with E-state index in [1.165, 1.54) is 4.31 Å². The highest BCUT2D eigenvalue weighted by molar-refractivity contribution is 7.90. The number of fused-ring (bicyclic) bond motifs is 1. The van der Waals surface area contributed by atoms with E-state index in [0.29, 0.717) is 13.0 Å². The van der Waals surface area contributed by atoms with E-state index in [0.717, 1.165) is 16.8 Å². The minimum absolute atomic E-state index is 0.220. The average Bonchev–Trinajstić information content (AvgIpc) is 3.20. The third-order valence-corrected chi connectivity index (χ3v) is 8.85. The molecular formula is C23H25F3N4O6S. The van der Waals surface area contributed by atoms with Crippen LogP contribution in [0.1, 0.15) is 17.5 Å². The van der Waals surface area contributed by atoms with Crippen molar-refractivity contribution in [2.45, 2.75) is 43.0 Å². The molecule has 10 nitrogen and oxygen atoms in total. The Kier molecular flexibility index (Phi) is 7.18. The average molecular weight is 543 g/mol. The van der Waals surface area contributed by atoms with Gasteiger partial charge in [0.25, 0.3) is 0 Å². The maximum atomic E-state index is 13.2. The lowest BCUT2D eigenvalue weighted by atomic mass is 9.99. The first-order valence-corrected chi connectivity index (χ1v) is 12.8. The molecule has 2 aromatic rings. The van der Waals surface area contributed by atoms with Crippen LogP contribution in [0, 0.1) is 6.92 Å². The second-order valence-electron chi connectivity index (χ2n) is 9.13. The number of aliphatic carboxylic acids is 1. The van der Waals surface area contributed by atoms with Crippen molar-refractivity contribution in [3.63, 3.8) is 0 Å². The smallest absolute Gasteiger partial charge is 0.475 e. The molecule has 1 aromatic heterocycles. The van der Waals surface area contributed by atoms with Crippen LogP contribution in [0.15, 0.2) is 48.8 Å². The second kappa shape index (κ2) is 9.91. The zero-order valence-electron chi connectivity index (χ0n) is 19.7. The normalized spacial score (nSPS) is 26.1. The number of morpholine rings is 1. The van der Waals surface area contributed by atoms with Crippen LogP contribution in [-0.4, -0.2) is 82.5 Å². The van der Waals surface area contributed by atoms with E-state index >= 15 is 0 Å². The summed E-state index contributed by atoms with van der Waals surface area (Å²) < 4.78 is 65.9. The predicted octanol–water partition coefficient (Wildman–Crippen LogP) is 2.61. The molecule has 37 heavy (non-hydrogen) atoms. The zero-order chi connectivity index (χ0) is 27.0. The van der Waals surface area contributed by atoms with Crippen molar-refractivity contribution >= 4 is 27.7 Å². The zero-order valence-corrected chi connectivity index (χ0v) is 20.5. The van der Waals surface area contributed by atoms with E-state index in [4.69, 9.17) is 14.6 Å². The fourth-order valence-electron chi connectivity index (χ4n) is 4.84. The van der Waals surface area contributed by atoms with Crippen molar-refractivity contribution in [2.75, 3.05) is 25.0 Å². The molecule has 3 aliphatic heterocycles. The number of aromatic nitrogens is 1. The number of aryl methyl sites for hydroxylation is 1. The summed E-state index contributed by atoms with van der Waals surface area (Å²) in [6.07, 6.45) is -1.61. The Bertz CT molecular complexity index is 1280. The summed E-state index contributed by atoms with van der Waals surface area (Å²) in [6.45, 7) is 3.14. The van der Waals surface area contributed by atoms with E-state index in [1.807, 2.05) is 43.3 Å². The molecule has 0 aliphatic carbocycles. The summed E-state index contributed by atoms with van der Waals surface area (Å²) in [6, 6.07) is 11.0. The van der Waals surface area contributed by atoms with Gasteiger partial charge in [0, 0.05) is 37.7 Å². The van der Waals surface area contributed by atoms with Crippen LogP contribution in [0.3, 0.4) is 0 Å². The van der Waals surface area contributed by atoms with Gasteiger partial charge in [0.2, 0.25) is 10.0 Å². The van der Waals surface area contributed by atoms with Crippen molar-refractivity contribution in [1.82, 2.24) is 14.2 Å². The molecule has 200 valence electrons. The van der Waals surface area contributed by atoms with Gasteiger partial charge in [0.15, 0.2) is 0 Å². The number of sulfonamides is 1. The molecule has 1 spiro atoms. The van der Waals surface area contributed by atoms with Crippen molar-refractivity contribution < 1.29 is 41.0 Å². The number of nitrogens with zero attached hydrogens (tertiary/aromatic N) is 3. The lowest BCUT2D eigenvalue weighted by molar-refractivity contribution is -0.192. The molecule has 3 atom stereocenters. The molecule has 3 aliphatic rings. The van der Waals surface area contributed by atoms with E-state index in [2.05, 4.69) is 10.3 Å². The first-order valence-electron chi connectivity index (χ1n) is 11.3. The van der Waals surface area contributed by atoms with Crippen LogP contribution in [0.4, 0.5) is 23.7 Å². The number of para-hydroxylation sites is 1. The Morgan fingerprint density at radius 2 is 1.84 bits per heavy atom. The van der Waals surface area contributed by atoms with E-state index in [9.17, 15) is 26.4 Å². The molecule has 2 N–H and O–H groups in total. The number of halogens is 3. The van der Waals surface area contributed by atoms with Gasteiger partial charge >= 0.3 is 18.2 Å². The van der Waals surface area contributed by atoms with Gasteiger partial charge in [-0.2, -0.15) is 17.5 Å². The number of ether oxygens (including phenoxy) is 1. The van der Waals surface area contributed by atoms with Gasteiger partial charge in [-0.3, -0.25) is 4.98 Å². The number of carbonyl (C=O) groups excluding carboxylic acids is 1. The Hall–Kier alpha value is -3.23. The van der Waals surface area contributed by atoms with Gasteiger partial charge in [0.05, 0.1) is 12.6 Å². The van der Waals surface area contributed by atoms with Crippen molar-refractivity contribution in [3.8, 4) is 0 Å². The first kappa shape index (κ1) is 26.8. The monoisotopic (exact) mass is 542 g/mol. The Morgan fingerprint density at radius 1 is 1.19 bits per heavy atom. The first-order chi connectivity index (χ1) is 17.3. The molecule has 2 bridgehead atoms. The van der Waals surface area contributed by atoms with Crippen LogP contribution < -0.4 is 5.32 Å². The van der Waals surface area contributed by atoms with Crippen molar-refractivity contribution in [2.24, 2.45) is 0 Å². The molecular weight excluding hydrogens is 517 g/mol. The number of carboxylic acid groups (broad SMARTS) is 1. The summed E-state index contributed by atoms with van der Waals surface area (Å²) >= 11 is 0. The van der Waals surface area contributed by atoms with Crippen LogP contribution in [0.25, 0.3) is 0 Å². The molecule has 0 unspecified atom stereocenters. The second-order valence-corrected chi connectivity index (χ2v) is 11.2. The lowest BCUT2D eigenvalue weighted by Crippen LogP contribution is -2.57. The topological polar surface area (TPSA) is 129 Å². The molecule has 4 heterocycles. The molecule has 1 aromatic carbocycles. The largest absolute Gasteiger partial charge is 0.490 e. The molecule has 3 saturated heterocycles. The fraction of sp³-hybridized carbons (Fsp3) is 0.435. The number of pyridine rings is 1. The SMILES string of the molecule is Cc1ccccc1NC(=O)N1C[C@H]2C[C@H]3[C@](C1)(CN(Cc1ccncc1)S3(=O)=O)O2.O=C(O)C(F)(F)F. The van der Waals surface area contributed by atoms with Gasteiger partial charge in [-0.15, -0.1) is 0 Å². The molecule has 5 rings (SSSR count). The highest BCUT2D eigenvalue weighted by atomic mass is 32.2. The van der Waals surface area contributed by atoms with Gasteiger partial charge in [-0.05, 0) is 42.7 Å². The third-order valence-electron chi connectivity index (χ3n) is 6.54. The number of hydrogen-bond donors (Lipinski definition) is 2. The van der Waals surface area contributed by atoms with Crippen molar-refractivity contribution in [1.29, 1.82) is 0 Å². The van der Waals surface area contributed by atoms with Crippen LogP contribution in [0.5, 0.6) is 0 Å². The minimum Gasteiger partial charge on any atom is -0.475 e. The number of likely N-dealkylation sites (tertiary alicyclic amines) is 1. The molecule has 0 radical (unpaired) electrons. The fourth-order valence-corrected chi connectivity index (χ4v) is 7.14. The van der Waals surface area contributed by atoms with Gasteiger partial charge < -0.3 is 20.1 Å². The molecule has 14 heteroatoms. The molecule has 0 saturated carbocycles. The van der Waals surface area contributed by atoms with Crippen molar-refractivity contribution in [3.05, 3.63) is 59.9 Å². The molecule has 2 amide bonds. The van der Waals surface area contributed by atoms with Crippen LogP contribution in [-0.2, 0) is 26.1 Å². The quantitative estimate of drug-likeness (QED) is 0.610. The lowest BCUT2D eigenvalue weighted by Gasteiger charge is -2.39. The third kappa shape index (κ3) is 5.55. The maximum absolute atomic E-state index is 13.2. The van der Waals surface area contributed by atoms with Gasteiger partial charge in [-0.1, -0.05) is 18.2 Å². The highest BCUT2D eigenvalue weighted by Gasteiger charge is 2.65. The number of benzene rings is 1. The number of alkyl halides is 3. The summed E-state index contributed by atoms with van der Waals surface area (Å²) in [5.74, 6) is -2.76. The summed E-state index contributed by atoms with van der Waals surface area (Å²) in [7, 11) is -3.51. The number of hydrogen-bond acceptors (Lipinski definition) is 6. The van der Waals surface area contributed by atoms with Crippen LogP contribution >= 0.6 is 0 Å². The number of rotatable bonds is 3. The van der Waals surface area contributed by atoms with E-state index in [1.54, 1.807) is 17.3 Å². The Labute approximate surface area is 211 Å². The van der Waals surface area contributed by atoms with Gasteiger partial charge in [0.1, 0.15) is 10.9 Å². The number of carbonyl (C=O) groups is 2. The summed E-state index contributed by atoms with van der Waals surface area (Å²) in [4.78, 5) is 27.5.